The Kier molecular flexibility index (Phi) is 5.02. The minimum atomic E-state index is 0.449. The van der Waals surface area contributed by atoms with Gasteiger partial charge in [0.1, 0.15) is 0 Å². The van der Waals surface area contributed by atoms with Gasteiger partial charge < -0.3 is 9.47 Å². The SMILES string of the molecule is COc1cc(C)ccc1OCCCN=[N+]=[N-]. The lowest BCUT2D eigenvalue weighted by Crippen LogP contribution is -2.00. The van der Waals surface area contributed by atoms with Gasteiger partial charge >= 0.3 is 0 Å². The summed E-state index contributed by atoms with van der Waals surface area (Å²) in [6.07, 6.45) is 0.696. The number of nitrogens with zero attached hydrogens (tertiary/aromatic N) is 3. The van der Waals surface area contributed by atoms with E-state index in [-0.39, 0.29) is 0 Å². The fourth-order valence-corrected chi connectivity index (χ4v) is 1.26. The number of aryl methyl sites for hydroxylation is 1. The van der Waals surface area contributed by atoms with E-state index in [1.54, 1.807) is 7.11 Å². The van der Waals surface area contributed by atoms with Gasteiger partial charge in [0.15, 0.2) is 11.5 Å². The van der Waals surface area contributed by atoms with E-state index in [0.717, 1.165) is 11.3 Å². The molecule has 0 aliphatic heterocycles. The van der Waals surface area contributed by atoms with Crippen molar-refractivity contribution in [3.05, 3.63) is 34.2 Å². The van der Waals surface area contributed by atoms with Crippen LogP contribution in [0.15, 0.2) is 23.3 Å². The van der Waals surface area contributed by atoms with Crippen LogP contribution in [0.1, 0.15) is 12.0 Å². The van der Waals surface area contributed by atoms with Crippen LogP contribution < -0.4 is 9.47 Å². The highest BCUT2D eigenvalue weighted by atomic mass is 16.5. The zero-order valence-corrected chi connectivity index (χ0v) is 9.51. The van der Waals surface area contributed by atoms with Crippen LogP contribution >= 0.6 is 0 Å². The van der Waals surface area contributed by atoms with E-state index < -0.39 is 0 Å². The molecule has 0 saturated heterocycles. The minimum Gasteiger partial charge on any atom is -0.493 e. The molecular formula is C11H15N3O2. The number of rotatable bonds is 6. The van der Waals surface area contributed by atoms with Gasteiger partial charge in [-0.2, -0.15) is 0 Å². The molecule has 0 aliphatic rings. The molecule has 0 spiro atoms. The van der Waals surface area contributed by atoms with Crippen molar-refractivity contribution in [1.29, 1.82) is 0 Å². The predicted molar refractivity (Wildman–Crippen MR) is 61.9 cm³/mol. The summed E-state index contributed by atoms with van der Waals surface area (Å²) < 4.78 is 10.7. The van der Waals surface area contributed by atoms with Gasteiger partial charge in [-0.1, -0.05) is 11.2 Å². The molecule has 0 unspecified atom stereocenters. The Morgan fingerprint density at radius 2 is 2.19 bits per heavy atom. The average Bonchev–Trinajstić information content (AvgIpc) is 2.30. The predicted octanol–water partition coefficient (Wildman–Crippen LogP) is 3.08. The Morgan fingerprint density at radius 1 is 1.38 bits per heavy atom. The number of ether oxygens (including phenoxy) is 2. The molecule has 86 valence electrons. The van der Waals surface area contributed by atoms with Crippen LogP contribution in [-0.4, -0.2) is 20.3 Å². The first-order valence-electron chi connectivity index (χ1n) is 5.06. The van der Waals surface area contributed by atoms with Crippen LogP contribution in [0.5, 0.6) is 11.5 Å². The maximum atomic E-state index is 8.09. The number of hydrogen-bond donors (Lipinski definition) is 0. The summed E-state index contributed by atoms with van der Waals surface area (Å²) in [6, 6.07) is 5.76. The first-order valence-corrected chi connectivity index (χ1v) is 5.06. The van der Waals surface area contributed by atoms with Crippen molar-refractivity contribution in [2.24, 2.45) is 5.11 Å². The van der Waals surface area contributed by atoms with E-state index in [1.807, 2.05) is 25.1 Å². The molecule has 0 heterocycles. The summed E-state index contributed by atoms with van der Waals surface area (Å²) in [5, 5.41) is 3.43. The summed E-state index contributed by atoms with van der Waals surface area (Å²) >= 11 is 0. The highest BCUT2D eigenvalue weighted by Gasteiger charge is 2.03. The first-order chi connectivity index (χ1) is 7.77. The monoisotopic (exact) mass is 221 g/mol. The highest BCUT2D eigenvalue weighted by molar-refractivity contribution is 5.42. The zero-order valence-electron chi connectivity index (χ0n) is 9.51. The fourth-order valence-electron chi connectivity index (χ4n) is 1.26. The molecule has 0 amide bonds. The molecule has 0 aliphatic carbocycles. The molecule has 0 aromatic heterocycles. The van der Waals surface area contributed by atoms with Gasteiger partial charge in [0.2, 0.25) is 0 Å². The second-order valence-corrected chi connectivity index (χ2v) is 3.31. The summed E-state index contributed by atoms with van der Waals surface area (Å²) in [6.45, 7) is 2.96. The lowest BCUT2D eigenvalue weighted by Gasteiger charge is -2.10. The van der Waals surface area contributed by atoms with Crippen LogP contribution in [0.4, 0.5) is 0 Å². The van der Waals surface area contributed by atoms with Crippen LogP contribution in [0, 0.1) is 6.92 Å². The molecule has 1 rings (SSSR count). The van der Waals surface area contributed by atoms with Gasteiger partial charge in [-0.15, -0.1) is 0 Å². The summed E-state index contributed by atoms with van der Waals surface area (Å²) in [4.78, 5) is 2.67. The van der Waals surface area contributed by atoms with Crippen molar-refractivity contribution in [3.8, 4) is 11.5 Å². The quantitative estimate of drug-likeness (QED) is 0.320. The second kappa shape index (κ2) is 6.58. The van der Waals surface area contributed by atoms with Crippen LogP contribution in [0.25, 0.3) is 10.4 Å². The van der Waals surface area contributed by atoms with E-state index in [2.05, 4.69) is 10.0 Å². The Labute approximate surface area is 94.6 Å². The normalized spacial score (nSPS) is 9.38. The zero-order chi connectivity index (χ0) is 11.8. The lowest BCUT2D eigenvalue weighted by atomic mass is 10.2. The third-order valence-electron chi connectivity index (χ3n) is 2.04. The van der Waals surface area contributed by atoms with Crippen LogP contribution in [0.3, 0.4) is 0 Å². The minimum absolute atomic E-state index is 0.449. The Balaban J connectivity index is 2.49. The van der Waals surface area contributed by atoms with Crippen molar-refractivity contribution in [2.45, 2.75) is 13.3 Å². The maximum absolute atomic E-state index is 8.09. The van der Waals surface area contributed by atoms with Gasteiger partial charge in [-0.05, 0) is 36.6 Å². The molecule has 1 aromatic rings. The van der Waals surface area contributed by atoms with Gasteiger partial charge in [0, 0.05) is 11.5 Å². The van der Waals surface area contributed by atoms with Gasteiger partial charge in [0.05, 0.1) is 13.7 Å². The molecule has 0 radical (unpaired) electrons. The summed E-state index contributed by atoms with van der Waals surface area (Å²) in [5.74, 6) is 1.44. The van der Waals surface area contributed by atoms with E-state index in [0.29, 0.717) is 25.3 Å². The molecule has 0 bridgehead atoms. The topological polar surface area (TPSA) is 67.2 Å². The molecule has 16 heavy (non-hydrogen) atoms. The van der Waals surface area contributed by atoms with E-state index in [4.69, 9.17) is 15.0 Å². The number of hydrogen-bond acceptors (Lipinski definition) is 3. The van der Waals surface area contributed by atoms with Crippen molar-refractivity contribution >= 4 is 0 Å². The number of benzene rings is 1. The lowest BCUT2D eigenvalue weighted by molar-refractivity contribution is 0.291. The average molecular weight is 221 g/mol. The Bertz CT molecular complexity index is 387. The molecule has 0 atom stereocenters. The van der Waals surface area contributed by atoms with E-state index in [1.165, 1.54) is 0 Å². The van der Waals surface area contributed by atoms with Crippen LogP contribution in [0.2, 0.25) is 0 Å². The molecule has 0 fully saturated rings. The number of methoxy groups -OCH3 is 1. The molecule has 5 nitrogen and oxygen atoms in total. The smallest absolute Gasteiger partial charge is 0.161 e. The van der Waals surface area contributed by atoms with Gasteiger partial charge in [-0.25, -0.2) is 0 Å². The van der Waals surface area contributed by atoms with Gasteiger partial charge in [-0.3, -0.25) is 0 Å². The fraction of sp³-hybridized carbons (Fsp3) is 0.455. The standard InChI is InChI=1S/C11H15N3O2/c1-9-4-5-10(11(8-9)15-2)16-7-3-6-13-14-12/h4-5,8H,3,6-7H2,1-2H3. The van der Waals surface area contributed by atoms with E-state index in [9.17, 15) is 0 Å². The third-order valence-corrected chi connectivity index (χ3v) is 2.04. The van der Waals surface area contributed by atoms with Crippen molar-refractivity contribution in [2.75, 3.05) is 20.3 Å². The first kappa shape index (κ1) is 12.2. The largest absolute Gasteiger partial charge is 0.493 e. The van der Waals surface area contributed by atoms with Crippen molar-refractivity contribution in [3.63, 3.8) is 0 Å². The molecule has 1 aromatic carbocycles. The second-order valence-electron chi connectivity index (χ2n) is 3.31. The van der Waals surface area contributed by atoms with Crippen molar-refractivity contribution in [1.82, 2.24) is 0 Å². The Morgan fingerprint density at radius 3 is 2.88 bits per heavy atom. The molecule has 5 heteroatoms. The molecule has 0 N–H and O–H groups in total. The van der Waals surface area contributed by atoms with E-state index >= 15 is 0 Å². The number of azide groups is 1. The Hall–Kier alpha value is -1.87. The summed E-state index contributed by atoms with van der Waals surface area (Å²) in [5.41, 5.74) is 9.22. The third kappa shape index (κ3) is 3.71. The molecular weight excluding hydrogens is 206 g/mol. The van der Waals surface area contributed by atoms with Crippen LogP contribution in [-0.2, 0) is 0 Å². The maximum Gasteiger partial charge on any atom is 0.161 e. The molecule has 0 saturated carbocycles. The van der Waals surface area contributed by atoms with Crippen molar-refractivity contribution < 1.29 is 9.47 Å². The summed E-state index contributed by atoms with van der Waals surface area (Å²) in [7, 11) is 1.61. The van der Waals surface area contributed by atoms with Gasteiger partial charge in [0.25, 0.3) is 0 Å². The highest BCUT2D eigenvalue weighted by Crippen LogP contribution is 2.27.